The zero-order chi connectivity index (χ0) is 13.4. The average molecular weight is 249 g/mol. The molecule has 0 radical (unpaired) electrons. The third-order valence-corrected chi connectivity index (χ3v) is 3.10. The first kappa shape index (κ1) is 15.2. The summed E-state index contributed by atoms with van der Waals surface area (Å²) in [5.74, 6) is 0.705. The highest BCUT2D eigenvalue weighted by molar-refractivity contribution is 5.26. The minimum atomic E-state index is 0.392. The van der Waals surface area contributed by atoms with Crippen molar-refractivity contribution in [2.75, 3.05) is 20.3 Å². The Morgan fingerprint density at radius 1 is 1.28 bits per heavy atom. The van der Waals surface area contributed by atoms with Gasteiger partial charge in [0, 0.05) is 19.3 Å². The maximum absolute atomic E-state index is 5.44. The fourth-order valence-corrected chi connectivity index (χ4v) is 2.23. The fraction of sp³-hybridized carbons (Fsp3) is 0.625. The maximum atomic E-state index is 5.44. The maximum Gasteiger partial charge on any atom is 0.0484 e. The molecule has 1 aromatic carbocycles. The van der Waals surface area contributed by atoms with E-state index < -0.39 is 0 Å². The van der Waals surface area contributed by atoms with Gasteiger partial charge in [0.25, 0.3) is 0 Å². The Morgan fingerprint density at radius 3 is 2.67 bits per heavy atom. The molecule has 1 atom stereocenters. The van der Waals surface area contributed by atoms with Gasteiger partial charge in [-0.1, -0.05) is 38.1 Å². The van der Waals surface area contributed by atoms with Gasteiger partial charge in [0.05, 0.1) is 0 Å². The van der Waals surface area contributed by atoms with E-state index in [1.165, 1.54) is 11.1 Å². The zero-order valence-corrected chi connectivity index (χ0v) is 12.2. The molecule has 0 saturated heterocycles. The Kier molecular flexibility index (Phi) is 6.99. The largest absolute Gasteiger partial charge is 0.382 e. The van der Waals surface area contributed by atoms with Gasteiger partial charge in [-0.15, -0.1) is 0 Å². The van der Waals surface area contributed by atoms with Crippen molar-refractivity contribution in [1.29, 1.82) is 0 Å². The molecule has 18 heavy (non-hydrogen) atoms. The van der Waals surface area contributed by atoms with Crippen LogP contribution in [-0.2, 0) is 11.2 Å². The van der Waals surface area contributed by atoms with Crippen molar-refractivity contribution in [3.05, 3.63) is 35.4 Å². The number of rotatable bonds is 8. The SMILES string of the molecule is CCOCCC(NC)c1cccc(CC(C)C)c1. The molecule has 0 saturated carbocycles. The van der Waals surface area contributed by atoms with Gasteiger partial charge in [-0.05, 0) is 43.9 Å². The lowest BCUT2D eigenvalue weighted by molar-refractivity contribution is 0.137. The molecule has 1 rings (SSSR count). The van der Waals surface area contributed by atoms with Crippen LogP contribution in [0.1, 0.15) is 44.4 Å². The average Bonchev–Trinajstić information content (AvgIpc) is 2.34. The molecule has 1 aromatic rings. The van der Waals surface area contributed by atoms with E-state index in [4.69, 9.17) is 4.74 Å². The first-order valence-corrected chi connectivity index (χ1v) is 7.01. The van der Waals surface area contributed by atoms with E-state index in [0.717, 1.165) is 26.1 Å². The van der Waals surface area contributed by atoms with Crippen LogP contribution in [0, 0.1) is 5.92 Å². The molecule has 0 aliphatic rings. The summed E-state index contributed by atoms with van der Waals surface area (Å²) in [5.41, 5.74) is 2.80. The molecule has 0 bridgehead atoms. The Labute approximate surface area is 112 Å². The highest BCUT2D eigenvalue weighted by atomic mass is 16.5. The molecule has 2 nitrogen and oxygen atoms in total. The highest BCUT2D eigenvalue weighted by Crippen LogP contribution is 2.19. The van der Waals surface area contributed by atoms with Gasteiger partial charge in [0.15, 0.2) is 0 Å². The van der Waals surface area contributed by atoms with Crippen LogP contribution in [0.25, 0.3) is 0 Å². The van der Waals surface area contributed by atoms with Crippen LogP contribution in [0.5, 0.6) is 0 Å². The van der Waals surface area contributed by atoms with E-state index in [0.29, 0.717) is 12.0 Å². The van der Waals surface area contributed by atoms with Gasteiger partial charge >= 0.3 is 0 Å². The molecule has 0 aliphatic carbocycles. The molecule has 0 fully saturated rings. The van der Waals surface area contributed by atoms with Crippen molar-refractivity contribution in [2.24, 2.45) is 5.92 Å². The molecule has 1 N–H and O–H groups in total. The monoisotopic (exact) mass is 249 g/mol. The van der Waals surface area contributed by atoms with Gasteiger partial charge < -0.3 is 10.1 Å². The van der Waals surface area contributed by atoms with Crippen molar-refractivity contribution in [3.8, 4) is 0 Å². The molecule has 2 heteroatoms. The Hall–Kier alpha value is -0.860. The zero-order valence-electron chi connectivity index (χ0n) is 12.2. The molecule has 0 amide bonds. The number of ether oxygens (including phenoxy) is 1. The minimum absolute atomic E-state index is 0.392. The second-order valence-corrected chi connectivity index (χ2v) is 5.17. The summed E-state index contributed by atoms with van der Waals surface area (Å²) in [6.45, 7) is 8.17. The third kappa shape index (κ3) is 5.19. The van der Waals surface area contributed by atoms with Crippen molar-refractivity contribution in [2.45, 2.75) is 39.7 Å². The van der Waals surface area contributed by atoms with Crippen LogP contribution in [0.2, 0.25) is 0 Å². The lowest BCUT2D eigenvalue weighted by Crippen LogP contribution is -2.18. The minimum Gasteiger partial charge on any atom is -0.382 e. The predicted octanol–water partition coefficient (Wildman–Crippen LogP) is 3.57. The van der Waals surface area contributed by atoms with Gasteiger partial charge in [-0.2, -0.15) is 0 Å². The highest BCUT2D eigenvalue weighted by Gasteiger charge is 2.09. The summed E-state index contributed by atoms with van der Waals surface area (Å²) in [4.78, 5) is 0. The topological polar surface area (TPSA) is 21.3 Å². The quantitative estimate of drug-likeness (QED) is 0.711. The lowest BCUT2D eigenvalue weighted by Gasteiger charge is -2.18. The van der Waals surface area contributed by atoms with Crippen molar-refractivity contribution in [3.63, 3.8) is 0 Å². The summed E-state index contributed by atoms with van der Waals surface area (Å²) in [6, 6.07) is 9.31. The van der Waals surface area contributed by atoms with Crippen LogP contribution in [0.15, 0.2) is 24.3 Å². The van der Waals surface area contributed by atoms with Gasteiger partial charge in [0.2, 0.25) is 0 Å². The van der Waals surface area contributed by atoms with Crippen molar-refractivity contribution in [1.82, 2.24) is 5.32 Å². The van der Waals surface area contributed by atoms with Crippen LogP contribution < -0.4 is 5.32 Å². The molecule has 0 aromatic heterocycles. The van der Waals surface area contributed by atoms with E-state index >= 15 is 0 Å². The Balaban J connectivity index is 2.66. The predicted molar refractivity (Wildman–Crippen MR) is 77.9 cm³/mol. The second-order valence-electron chi connectivity index (χ2n) is 5.17. The molecule has 0 aliphatic heterocycles. The van der Waals surface area contributed by atoms with E-state index in [2.05, 4.69) is 43.4 Å². The standard InChI is InChI=1S/C16H27NO/c1-5-18-10-9-16(17-4)15-8-6-7-14(12-15)11-13(2)3/h6-8,12-13,16-17H,5,9-11H2,1-4H3. The first-order chi connectivity index (χ1) is 8.67. The first-order valence-electron chi connectivity index (χ1n) is 7.01. The molecular formula is C16H27NO. The van der Waals surface area contributed by atoms with Crippen molar-refractivity contribution >= 4 is 0 Å². The summed E-state index contributed by atoms with van der Waals surface area (Å²) < 4.78 is 5.44. The molecule has 102 valence electrons. The summed E-state index contributed by atoms with van der Waals surface area (Å²) >= 11 is 0. The second kappa shape index (κ2) is 8.28. The number of hydrogen-bond acceptors (Lipinski definition) is 2. The van der Waals surface area contributed by atoms with Crippen LogP contribution >= 0.6 is 0 Å². The van der Waals surface area contributed by atoms with Gasteiger partial charge in [-0.3, -0.25) is 0 Å². The lowest BCUT2D eigenvalue weighted by atomic mass is 9.97. The summed E-state index contributed by atoms with van der Waals surface area (Å²) in [7, 11) is 2.02. The van der Waals surface area contributed by atoms with Gasteiger partial charge in [0.1, 0.15) is 0 Å². The van der Waals surface area contributed by atoms with E-state index in [-0.39, 0.29) is 0 Å². The van der Waals surface area contributed by atoms with Crippen LogP contribution in [-0.4, -0.2) is 20.3 Å². The van der Waals surface area contributed by atoms with Crippen LogP contribution in [0.4, 0.5) is 0 Å². The smallest absolute Gasteiger partial charge is 0.0484 e. The van der Waals surface area contributed by atoms with E-state index in [1.807, 2.05) is 14.0 Å². The normalized spacial score (nSPS) is 12.9. The van der Waals surface area contributed by atoms with Crippen molar-refractivity contribution < 1.29 is 4.74 Å². The van der Waals surface area contributed by atoms with Crippen LogP contribution in [0.3, 0.4) is 0 Å². The third-order valence-electron chi connectivity index (χ3n) is 3.10. The van der Waals surface area contributed by atoms with E-state index in [1.54, 1.807) is 0 Å². The fourth-order valence-electron chi connectivity index (χ4n) is 2.23. The number of benzene rings is 1. The number of hydrogen-bond donors (Lipinski definition) is 1. The summed E-state index contributed by atoms with van der Waals surface area (Å²) in [6.07, 6.45) is 2.17. The Bertz CT molecular complexity index is 336. The van der Waals surface area contributed by atoms with E-state index in [9.17, 15) is 0 Å². The molecule has 0 spiro atoms. The number of nitrogens with one attached hydrogen (secondary N) is 1. The molecule has 1 unspecified atom stereocenters. The summed E-state index contributed by atoms with van der Waals surface area (Å²) in [5, 5.41) is 3.38. The van der Waals surface area contributed by atoms with Gasteiger partial charge in [-0.25, -0.2) is 0 Å². The molecular weight excluding hydrogens is 222 g/mol. The Morgan fingerprint density at radius 2 is 2.06 bits per heavy atom. The molecule has 0 heterocycles.